The number of aryl methyl sites for hydroxylation is 3. The number of carbonyl (C=O) groups excluding carboxylic acids is 1. The van der Waals surface area contributed by atoms with Crippen LogP contribution in [0.1, 0.15) is 48.8 Å². The molecular formula is C22H27ClN4O. The molecule has 0 radical (unpaired) electrons. The molecule has 2 aromatic heterocycles. The molecule has 0 saturated heterocycles. The fourth-order valence-corrected chi connectivity index (χ4v) is 3.55. The average Bonchev–Trinajstić information content (AvgIpc) is 3.01. The number of hydrogen-bond acceptors (Lipinski definition) is 3. The summed E-state index contributed by atoms with van der Waals surface area (Å²) >= 11 is 5.65. The van der Waals surface area contributed by atoms with Crippen molar-refractivity contribution in [1.82, 2.24) is 14.5 Å². The van der Waals surface area contributed by atoms with Gasteiger partial charge in [0.2, 0.25) is 5.91 Å². The van der Waals surface area contributed by atoms with Gasteiger partial charge in [0.05, 0.1) is 6.54 Å². The summed E-state index contributed by atoms with van der Waals surface area (Å²) in [4.78, 5) is 21.5. The van der Waals surface area contributed by atoms with Gasteiger partial charge in [-0.3, -0.25) is 4.79 Å². The number of fused-ring (bicyclic) bond motifs is 1. The number of amides is 1. The van der Waals surface area contributed by atoms with Gasteiger partial charge in [-0.25, -0.2) is 9.97 Å². The maximum absolute atomic E-state index is 11.9. The Hall–Kier alpha value is -2.40. The van der Waals surface area contributed by atoms with Crippen LogP contribution in [-0.4, -0.2) is 26.3 Å². The molecule has 0 saturated carbocycles. The molecule has 148 valence electrons. The Kier molecular flexibility index (Phi) is 6.68. The van der Waals surface area contributed by atoms with Crippen LogP contribution in [0.2, 0.25) is 0 Å². The molecule has 5 nitrogen and oxygen atoms in total. The van der Waals surface area contributed by atoms with Gasteiger partial charge >= 0.3 is 0 Å². The second kappa shape index (κ2) is 9.20. The van der Waals surface area contributed by atoms with E-state index >= 15 is 0 Å². The maximum atomic E-state index is 11.9. The monoisotopic (exact) mass is 398 g/mol. The average molecular weight is 399 g/mol. The smallest absolute Gasteiger partial charge is 0.224 e. The van der Waals surface area contributed by atoms with E-state index in [9.17, 15) is 4.79 Å². The van der Waals surface area contributed by atoms with Crippen molar-refractivity contribution in [3.8, 4) is 0 Å². The molecule has 1 amide bonds. The molecule has 0 atom stereocenters. The van der Waals surface area contributed by atoms with E-state index < -0.39 is 0 Å². The Bertz CT molecular complexity index is 963. The van der Waals surface area contributed by atoms with Crippen LogP contribution in [0, 0.1) is 13.8 Å². The quantitative estimate of drug-likeness (QED) is 0.428. The number of hydrogen-bond donors (Lipinski definition) is 1. The Morgan fingerprint density at radius 1 is 1.14 bits per heavy atom. The fraction of sp³-hybridized carbons (Fsp3) is 0.409. The lowest BCUT2D eigenvalue weighted by molar-refractivity contribution is -0.116. The molecule has 3 aromatic rings. The number of imidazole rings is 1. The van der Waals surface area contributed by atoms with Crippen LogP contribution < -0.4 is 5.32 Å². The highest BCUT2D eigenvalue weighted by Crippen LogP contribution is 2.21. The summed E-state index contributed by atoms with van der Waals surface area (Å²) in [5.41, 5.74) is 6.03. The van der Waals surface area contributed by atoms with Crippen molar-refractivity contribution in [2.24, 2.45) is 0 Å². The number of pyridine rings is 1. The van der Waals surface area contributed by atoms with E-state index in [0.717, 1.165) is 58.8 Å². The first-order valence-corrected chi connectivity index (χ1v) is 10.3. The largest absolute Gasteiger partial charge is 0.326 e. The predicted octanol–water partition coefficient (Wildman–Crippen LogP) is 5.01. The summed E-state index contributed by atoms with van der Waals surface area (Å²) in [7, 11) is 0. The number of unbranched alkanes of at least 4 members (excludes halogenated alkanes) is 1. The Labute approximate surface area is 171 Å². The third-order valence-electron chi connectivity index (χ3n) is 4.78. The number of alkyl halides is 1. The van der Waals surface area contributed by atoms with E-state index in [2.05, 4.69) is 29.8 Å². The first-order valence-electron chi connectivity index (χ1n) is 9.80. The van der Waals surface area contributed by atoms with Crippen LogP contribution >= 0.6 is 11.6 Å². The Morgan fingerprint density at radius 3 is 2.57 bits per heavy atom. The molecule has 3 rings (SSSR count). The minimum Gasteiger partial charge on any atom is -0.326 e. The van der Waals surface area contributed by atoms with Gasteiger partial charge < -0.3 is 9.88 Å². The molecule has 1 N–H and O–H groups in total. The van der Waals surface area contributed by atoms with E-state index in [1.54, 1.807) is 0 Å². The molecule has 0 aliphatic rings. The molecule has 0 unspecified atom stereocenters. The summed E-state index contributed by atoms with van der Waals surface area (Å²) < 4.78 is 2.19. The molecule has 28 heavy (non-hydrogen) atoms. The van der Waals surface area contributed by atoms with Crippen LogP contribution in [0.25, 0.3) is 11.2 Å². The minimum absolute atomic E-state index is 0.0295. The number of rotatable bonds is 8. The SMILES string of the molecule is CCc1nc2c(C)cc(C)nc2n1Cc1ccc(NC(=O)CCCCCl)cc1. The molecule has 1 aromatic carbocycles. The maximum Gasteiger partial charge on any atom is 0.224 e. The van der Waals surface area contributed by atoms with E-state index in [-0.39, 0.29) is 5.91 Å². The van der Waals surface area contributed by atoms with Crippen LogP contribution in [0.3, 0.4) is 0 Å². The van der Waals surface area contributed by atoms with Crippen molar-refractivity contribution in [3.63, 3.8) is 0 Å². The number of anilines is 1. The third-order valence-corrected chi connectivity index (χ3v) is 5.05. The van der Waals surface area contributed by atoms with Crippen LogP contribution in [-0.2, 0) is 17.8 Å². The first-order chi connectivity index (χ1) is 13.5. The normalized spacial score (nSPS) is 11.1. The number of nitrogens with one attached hydrogen (secondary N) is 1. The van der Waals surface area contributed by atoms with Gasteiger partial charge in [0.15, 0.2) is 5.65 Å². The van der Waals surface area contributed by atoms with Crippen molar-refractivity contribution in [3.05, 3.63) is 53.0 Å². The highest BCUT2D eigenvalue weighted by atomic mass is 35.5. The zero-order valence-electron chi connectivity index (χ0n) is 16.8. The topological polar surface area (TPSA) is 59.8 Å². The Morgan fingerprint density at radius 2 is 1.89 bits per heavy atom. The van der Waals surface area contributed by atoms with Gasteiger partial charge in [-0.2, -0.15) is 0 Å². The second-order valence-electron chi connectivity index (χ2n) is 7.11. The van der Waals surface area contributed by atoms with Crippen molar-refractivity contribution in [2.75, 3.05) is 11.2 Å². The lowest BCUT2D eigenvalue weighted by Crippen LogP contribution is -2.11. The number of nitrogens with zero attached hydrogens (tertiary/aromatic N) is 3. The van der Waals surface area contributed by atoms with Crippen molar-refractivity contribution < 1.29 is 4.79 Å². The van der Waals surface area contributed by atoms with E-state index in [1.165, 1.54) is 0 Å². The van der Waals surface area contributed by atoms with E-state index in [1.807, 2.05) is 31.2 Å². The van der Waals surface area contributed by atoms with Crippen LogP contribution in [0.15, 0.2) is 30.3 Å². The zero-order valence-corrected chi connectivity index (χ0v) is 17.5. The first kappa shape index (κ1) is 20.3. The van der Waals surface area contributed by atoms with Crippen LogP contribution in [0.5, 0.6) is 0 Å². The minimum atomic E-state index is 0.0295. The number of halogens is 1. The molecule has 0 fully saturated rings. The van der Waals surface area contributed by atoms with Gasteiger partial charge in [-0.05, 0) is 56.0 Å². The summed E-state index contributed by atoms with van der Waals surface area (Å²) in [6.45, 7) is 6.92. The summed E-state index contributed by atoms with van der Waals surface area (Å²) in [5.74, 6) is 1.66. The standard InChI is InChI=1S/C22H27ClN4O/c1-4-19-26-21-15(2)13-16(3)24-22(21)27(19)14-17-8-10-18(11-9-17)25-20(28)7-5-6-12-23/h8-11,13H,4-7,12,14H2,1-3H3,(H,25,28). The highest BCUT2D eigenvalue weighted by molar-refractivity contribution is 6.17. The lowest BCUT2D eigenvalue weighted by Gasteiger charge is -2.10. The van der Waals surface area contributed by atoms with Crippen molar-refractivity contribution in [1.29, 1.82) is 0 Å². The molecule has 0 aliphatic carbocycles. The second-order valence-corrected chi connectivity index (χ2v) is 7.49. The van der Waals surface area contributed by atoms with Gasteiger partial charge in [-0.1, -0.05) is 19.1 Å². The fourth-order valence-electron chi connectivity index (χ4n) is 3.36. The molecule has 0 bridgehead atoms. The van der Waals surface area contributed by atoms with Gasteiger partial charge in [0, 0.05) is 30.1 Å². The predicted molar refractivity (Wildman–Crippen MR) is 115 cm³/mol. The molecule has 0 spiro atoms. The summed E-state index contributed by atoms with van der Waals surface area (Å²) in [5, 5.41) is 2.94. The van der Waals surface area contributed by atoms with Gasteiger partial charge in [0.25, 0.3) is 0 Å². The number of aromatic nitrogens is 3. The zero-order chi connectivity index (χ0) is 20.1. The van der Waals surface area contributed by atoms with Gasteiger partial charge in [-0.15, -0.1) is 11.6 Å². The summed E-state index contributed by atoms with van der Waals surface area (Å²) in [6, 6.07) is 10.1. The van der Waals surface area contributed by atoms with Crippen LogP contribution in [0.4, 0.5) is 5.69 Å². The van der Waals surface area contributed by atoms with Gasteiger partial charge in [0.1, 0.15) is 11.3 Å². The van der Waals surface area contributed by atoms with Crippen molar-refractivity contribution in [2.45, 2.75) is 53.0 Å². The lowest BCUT2D eigenvalue weighted by atomic mass is 10.2. The molecule has 2 heterocycles. The Balaban J connectivity index is 1.76. The molecule has 0 aliphatic heterocycles. The molecule has 6 heteroatoms. The third kappa shape index (κ3) is 4.71. The van der Waals surface area contributed by atoms with E-state index in [4.69, 9.17) is 21.6 Å². The van der Waals surface area contributed by atoms with Crippen molar-refractivity contribution >= 4 is 34.4 Å². The number of carbonyl (C=O) groups is 1. The van der Waals surface area contributed by atoms with E-state index in [0.29, 0.717) is 18.8 Å². The highest BCUT2D eigenvalue weighted by Gasteiger charge is 2.13. The summed E-state index contributed by atoms with van der Waals surface area (Å²) in [6.07, 6.45) is 3.03. The molecular weight excluding hydrogens is 372 g/mol. The number of benzene rings is 1.